The molecule has 0 saturated carbocycles. The standard InChI is InChI=1S/C9H17NO3/c1-4-5-6(2)8(11)10-7(3)9(12)13/h6-7H,4-5H2,1-3H3,(H,10,11)(H,12,13)/t6?,7-/m1/s1. The second-order valence-corrected chi connectivity index (χ2v) is 3.26. The molecule has 1 unspecified atom stereocenters. The van der Waals surface area contributed by atoms with E-state index in [9.17, 15) is 9.59 Å². The zero-order valence-electron chi connectivity index (χ0n) is 8.33. The van der Waals surface area contributed by atoms with E-state index in [1.165, 1.54) is 6.92 Å². The number of carbonyl (C=O) groups excluding carboxylic acids is 1. The predicted octanol–water partition coefficient (Wildman–Crippen LogP) is 1.01. The number of nitrogens with one attached hydrogen (secondary N) is 1. The number of hydrogen-bond donors (Lipinski definition) is 2. The number of carbonyl (C=O) groups is 2. The third kappa shape index (κ3) is 4.50. The van der Waals surface area contributed by atoms with Gasteiger partial charge in [0, 0.05) is 5.92 Å². The first-order valence-corrected chi connectivity index (χ1v) is 4.52. The van der Waals surface area contributed by atoms with Crippen molar-refractivity contribution < 1.29 is 14.7 Å². The van der Waals surface area contributed by atoms with Crippen LogP contribution in [0.25, 0.3) is 0 Å². The van der Waals surface area contributed by atoms with Gasteiger partial charge >= 0.3 is 5.97 Å². The Labute approximate surface area is 78.3 Å². The van der Waals surface area contributed by atoms with Gasteiger partial charge in [-0.1, -0.05) is 20.3 Å². The van der Waals surface area contributed by atoms with Crippen LogP contribution in [0.1, 0.15) is 33.6 Å². The van der Waals surface area contributed by atoms with Crippen molar-refractivity contribution in [3.05, 3.63) is 0 Å². The first-order chi connectivity index (χ1) is 5.99. The lowest BCUT2D eigenvalue weighted by atomic mass is 10.1. The van der Waals surface area contributed by atoms with Crippen LogP contribution in [0.2, 0.25) is 0 Å². The van der Waals surface area contributed by atoms with Crippen LogP contribution in [0.5, 0.6) is 0 Å². The summed E-state index contributed by atoms with van der Waals surface area (Å²) in [6, 6.07) is -0.799. The lowest BCUT2D eigenvalue weighted by Gasteiger charge is -2.13. The molecule has 0 aromatic carbocycles. The monoisotopic (exact) mass is 187 g/mol. The molecule has 0 aromatic rings. The van der Waals surface area contributed by atoms with Crippen molar-refractivity contribution in [2.45, 2.75) is 39.7 Å². The molecular formula is C9H17NO3. The molecule has 4 heteroatoms. The van der Waals surface area contributed by atoms with Crippen LogP contribution in [0.15, 0.2) is 0 Å². The molecule has 0 spiro atoms. The highest BCUT2D eigenvalue weighted by Crippen LogP contribution is 2.04. The molecule has 0 aliphatic rings. The van der Waals surface area contributed by atoms with Crippen molar-refractivity contribution in [3.8, 4) is 0 Å². The third-order valence-corrected chi connectivity index (χ3v) is 1.90. The van der Waals surface area contributed by atoms with E-state index >= 15 is 0 Å². The van der Waals surface area contributed by atoms with E-state index in [0.717, 1.165) is 12.8 Å². The molecule has 0 saturated heterocycles. The summed E-state index contributed by atoms with van der Waals surface area (Å²) in [5, 5.41) is 11.0. The van der Waals surface area contributed by atoms with Crippen LogP contribution in [0, 0.1) is 5.92 Å². The molecule has 0 aliphatic heterocycles. The summed E-state index contributed by atoms with van der Waals surface area (Å²) < 4.78 is 0. The number of carboxylic acids is 1. The summed E-state index contributed by atoms with van der Waals surface area (Å²) in [7, 11) is 0. The van der Waals surface area contributed by atoms with Crippen LogP contribution in [-0.2, 0) is 9.59 Å². The van der Waals surface area contributed by atoms with E-state index in [1.54, 1.807) is 6.92 Å². The highest BCUT2D eigenvalue weighted by Gasteiger charge is 2.17. The van der Waals surface area contributed by atoms with E-state index < -0.39 is 12.0 Å². The molecule has 0 bridgehead atoms. The highest BCUT2D eigenvalue weighted by molar-refractivity contribution is 5.84. The second kappa shape index (κ2) is 5.56. The van der Waals surface area contributed by atoms with Crippen molar-refractivity contribution in [2.75, 3.05) is 0 Å². The molecule has 0 fully saturated rings. The topological polar surface area (TPSA) is 66.4 Å². The summed E-state index contributed by atoms with van der Waals surface area (Å²) in [5.41, 5.74) is 0. The fourth-order valence-corrected chi connectivity index (χ4v) is 0.981. The van der Waals surface area contributed by atoms with Crippen LogP contribution in [0.4, 0.5) is 0 Å². The molecule has 13 heavy (non-hydrogen) atoms. The number of hydrogen-bond acceptors (Lipinski definition) is 2. The minimum Gasteiger partial charge on any atom is -0.480 e. The highest BCUT2D eigenvalue weighted by atomic mass is 16.4. The van der Waals surface area contributed by atoms with Crippen molar-refractivity contribution in [3.63, 3.8) is 0 Å². The van der Waals surface area contributed by atoms with Crippen molar-refractivity contribution in [1.82, 2.24) is 5.32 Å². The summed E-state index contributed by atoms with van der Waals surface area (Å²) >= 11 is 0. The number of rotatable bonds is 5. The van der Waals surface area contributed by atoms with Gasteiger partial charge in [-0.2, -0.15) is 0 Å². The molecule has 2 atom stereocenters. The van der Waals surface area contributed by atoms with Gasteiger partial charge in [-0.15, -0.1) is 0 Å². The quantitative estimate of drug-likeness (QED) is 0.675. The van der Waals surface area contributed by atoms with E-state index in [1.807, 2.05) is 6.92 Å². The molecule has 0 aromatic heterocycles. The number of carboxylic acid groups (broad SMARTS) is 1. The zero-order chi connectivity index (χ0) is 10.4. The van der Waals surface area contributed by atoms with Crippen LogP contribution >= 0.6 is 0 Å². The van der Waals surface area contributed by atoms with E-state index in [0.29, 0.717) is 0 Å². The maximum absolute atomic E-state index is 11.3. The lowest BCUT2D eigenvalue weighted by molar-refractivity contribution is -0.141. The molecule has 0 heterocycles. The first-order valence-electron chi connectivity index (χ1n) is 4.52. The molecular weight excluding hydrogens is 170 g/mol. The summed E-state index contributed by atoms with van der Waals surface area (Å²) in [5.74, 6) is -1.29. The Kier molecular flexibility index (Phi) is 5.11. The SMILES string of the molecule is CCCC(C)C(=O)N[C@H](C)C(=O)O. The Bertz CT molecular complexity index is 191. The van der Waals surface area contributed by atoms with Gasteiger partial charge in [0.25, 0.3) is 0 Å². The van der Waals surface area contributed by atoms with Crippen molar-refractivity contribution in [2.24, 2.45) is 5.92 Å². The average Bonchev–Trinajstić information content (AvgIpc) is 2.04. The van der Waals surface area contributed by atoms with Gasteiger partial charge in [-0.25, -0.2) is 0 Å². The Balaban J connectivity index is 3.92. The van der Waals surface area contributed by atoms with Gasteiger partial charge < -0.3 is 10.4 Å². The zero-order valence-corrected chi connectivity index (χ0v) is 8.33. The fraction of sp³-hybridized carbons (Fsp3) is 0.778. The maximum atomic E-state index is 11.3. The molecule has 0 rings (SSSR count). The lowest BCUT2D eigenvalue weighted by Crippen LogP contribution is -2.41. The van der Waals surface area contributed by atoms with Crippen molar-refractivity contribution >= 4 is 11.9 Å². The van der Waals surface area contributed by atoms with Crippen LogP contribution in [-0.4, -0.2) is 23.0 Å². The average molecular weight is 187 g/mol. The second-order valence-electron chi connectivity index (χ2n) is 3.26. The number of amides is 1. The summed E-state index contributed by atoms with van der Waals surface area (Å²) in [4.78, 5) is 21.7. The van der Waals surface area contributed by atoms with Gasteiger partial charge in [0.05, 0.1) is 0 Å². The Hall–Kier alpha value is -1.06. The molecule has 1 amide bonds. The molecule has 4 nitrogen and oxygen atoms in total. The van der Waals surface area contributed by atoms with Crippen LogP contribution in [0.3, 0.4) is 0 Å². The maximum Gasteiger partial charge on any atom is 0.325 e. The van der Waals surface area contributed by atoms with Crippen LogP contribution < -0.4 is 5.32 Å². The van der Waals surface area contributed by atoms with Crippen molar-refractivity contribution in [1.29, 1.82) is 0 Å². The van der Waals surface area contributed by atoms with Gasteiger partial charge in [-0.3, -0.25) is 9.59 Å². The first kappa shape index (κ1) is 11.9. The molecule has 0 radical (unpaired) electrons. The Morgan fingerprint density at radius 1 is 1.38 bits per heavy atom. The normalized spacial score (nSPS) is 14.7. The minimum atomic E-state index is -1.00. The fourth-order valence-electron chi connectivity index (χ4n) is 0.981. The number of aliphatic carboxylic acids is 1. The predicted molar refractivity (Wildman–Crippen MR) is 49.3 cm³/mol. The molecule has 2 N–H and O–H groups in total. The van der Waals surface area contributed by atoms with E-state index in [-0.39, 0.29) is 11.8 Å². The van der Waals surface area contributed by atoms with Gasteiger partial charge in [-0.05, 0) is 13.3 Å². The molecule has 76 valence electrons. The molecule has 0 aliphatic carbocycles. The smallest absolute Gasteiger partial charge is 0.325 e. The Morgan fingerprint density at radius 3 is 2.31 bits per heavy atom. The largest absolute Gasteiger partial charge is 0.480 e. The Morgan fingerprint density at radius 2 is 1.92 bits per heavy atom. The van der Waals surface area contributed by atoms with Gasteiger partial charge in [0.15, 0.2) is 0 Å². The summed E-state index contributed by atoms with van der Waals surface area (Å²) in [6.07, 6.45) is 1.72. The van der Waals surface area contributed by atoms with E-state index in [4.69, 9.17) is 5.11 Å². The van der Waals surface area contributed by atoms with Gasteiger partial charge in [0.1, 0.15) is 6.04 Å². The van der Waals surface area contributed by atoms with E-state index in [2.05, 4.69) is 5.32 Å². The minimum absolute atomic E-state index is 0.105. The third-order valence-electron chi connectivity index (χ3n) is 1.90. The summed E-state index contributed by atoms with van der Waals surface area (Å²) in [6.45, 7) is 5.25. The van der Waals surface area contributed by atoms with Gasteiger partial charge in [0.2, 0.25) is 5.91 Å².